The minimum Gasteiger partial charge on any atom is -0.480 e. The van der Waals surface area contributed by atoms with Gasteiger partial charge in [0.1, 0.15) is 22.7 Å². The Balaban J connectivity index is 1.80. The number of ether oxygens (including phenoxy) is 2. The summed E-state index contributed by atoms with van der Waals surface area (Å²) in [4.78, 5) is 32.7. The maximum absolute atomic E-state index is 14.7. The number of aromatic nitrogens is 4. The molecule has 4 rings (SSSR count). The molecule has 4 aromatic rings. The zero-order chi connectivity index (χ0) is 29.4. The predicted octanol–water partition coefficient (Wildman–Crippen LogP) is 3.24. The fourth-order valence-corrected chi connectivity index (χ4v) is 3.64. The number of aliphatic hydroxyl groups is 1. The Hall–Kier alpha value is -4.79. The molecule has 0 unspecified atom stereocenters. The fourth-order valence-electron chi connectivity index (χ4n) is 3.64. The Morgan fingerprint density at radius 1 is 1.12 bits per heavy atom. The van der Waals surface area contributed by atoms with Crippen molar-refractivity contribution in [3.8, 4) is 22.9 Å². The largest absolute Gasteiger partial charge is 0.573 e. The summed E-state index contributed by atoms with van der Waals surface area (Å²) in [7, 11) is 1.23. The Morgan fingerprint density at radius 2 is 1.85 bits per heavy atom. The van der Waals surface area contributed by atoms with Gasteiger partial charge in [0.25, 0.3) is 11.8 Å². The van der Waals surface area contributed by atoms with Crippen LogP contribution >= 0.6 is 0 Å². The van der Waals surface area contributed by atoms with Crippen LogP contribution in [-0.4, -0.2) is 55.6 Å². The summed E-state index contributed by atoms with van der Waals surface area (Å²) in [5.41, 5.74) is 4.28. The van der Waals surface area contributed by atoms with Crippen molar-refractivity contribution >= 4 is 23.3 Å². The number of anilines is 1. The zero-order valence-corrected chi connectivity index (χ0v) is 21.2. The van der Waals surface area contributed by atoms with Crippen LogP contribution < -0.4 is 20.5 Å². The molecular weight excluding hydrogens is 540 g/mol. The Morgan fingerprint density at radius 3 is 2.48 bits per heavy atom. The molecule has 0 aliphatic rings. The smallest absolute Gasteiger partial charge is 0.480 e. The molecule has 40 heavy (non-hydrogen) atoms. The molecule has 0 saturated carbocycles. The number of imidazole rings is 1. The average Bonchev–Trinajstić information content (AvgIpc) is 3.25. The number of alkyl halides is 3. The molecule has 0 spiro atoms. The summed E-state index contributed by atoms with van der Waals surface area (Å²) in [6.45, 7) is 2.60. The minimum atomic E-state index is -4.99. The van der Waals surface area contributed by atoms with E-state index < -0.39 is 35.3 Å². The standard InChI is InChI=1S/C25H22F4N6O5/c1-24(2,38)23(37)33-19-11-35-20(32-19)7-6-17(34-35)14-10-15(21(30)36)22(39-3)31-18(14)9-12-8-13(4-5-16(12)26)40-25(27,28)29/h4-8,10-11,38H,9H2,1-3H3,(H2,30,36)(H,33,37). The molecule has 1 aromatic carbocycles. The lowest BCUT2D eigenvalue weighted by molar-refractivity contribution is -0.274. The molecule has 210 valence electrons. The van der Waals surface area contributed by atoms with Crippen LogP contribution in [0.15, 0.2) is 42.6 Å². The van der Waals surface area contributed by atoms with E-state index in [1.165, 1.54) is 49.9 Å². The lowest BCUT2D eigenvalue weighted by atomic mass is 10.00. The van der Waals surface area contributed by atoms with Gasteiger partial charge in [-0.2, -0.15) is 5.10 Å². The lowest BCUT2D eigenvalue weighted by Crippen LogP contribution is -2.36. The van der Waals surface area contributed by atoms with Crippen LogP contribution in [0.4, 0.5) is 23.4 Å². The van der Waals surface area contributed by atoms with Crippen molar-refractivity contribution < 1.29 is 41.7 Å². The van der Waals surface area contributed by atoms with Gasteiger partial charge in [-0.3, -0.25) is 9.59 Å². The molecule has 11 nitrogen and oxygen atoms in total. The van der Waals surface area contributed by atoms with Gasteiger partial charge in [-0.25, -0.2) is 18.9 Å². The summed E-state index contributed by atoms with van der Waals surface area (Å²) < 4.78 is 63.2. The van der Waals surface area contributed by atoms with Gasteiger partial charge in [-0.1, -0.05) is 0 Å². The topological polar surface area (TPSA) is 154 Å². The number of carbonyl (C=O) groups is 2. The number of amides is 2. The van der Waals surface area contributed by atoms with E-state index in [2.05, 4.69) is 25.1 Å². The molecule has 0 saturated heterocycles. The molecule has 0 radical (unpaired) electrons. The summed E-state index contributed by atoms with van der Waals surface area (Å²) in [6.07, 6.45) is -3.96. The molecule has 2 amide bonds. The molecule has 0 aliphatic heterocycles. The summed E-state index contributed by atoms with van der Waals surface area (Å²) >= 11 is 0. The first-order valence-electron chi connectivity index (χ1n) is 11.5. The van der Waals surface area contributed by atoms with E-state index in [4.69, 9.17) is 10.5 Å². The molecule has 3 heterocycles. The zero-order valence-electron chi connectivity index (χ0n) is 21.2. The normalized spacial score (nSPS) is 11.9. The van der Waals surface area contributed by atoms with E-state index in [0.29, 0.717) is 5.65 Å². The lowest BCUT2D eigenvalue weighted by Gasteiger charge is -2.15. The molecule has 3 aromatic heterocycles. The average molecular weight is 562 g/mol. The van der Waals surface area contributed by atoms with Crippen molar-refractivity contribution in [1.29, 1.82) is 0 Å². The van der Waals surface area contributed by atoms with Gasteiger partial charge in [0.2, 0.25) is 5.88 Å². The highest BCUT2D eigenvalue weighted by Gasteiger charge is 2.31. The van der Waals surface area contributed by atoms with Crippen LogP contribution in [0.25, 0.3) is 16.9 Å². The number of carbonyl (C=O) groups excluding carboxylic acids is 2. The van der Waals surface area contributed by atoms with Gasteiger partial charge < -0.3 is 25.6 Å². The molecule has 0 aliphatic carbocycles. The van der Waals surface area contributed by atoms with E-state index in [0.717, 1.165) is 18.2 Å². The number of hydrogen-bond acceptors (Lipinski definition) is 8. The quantitative estimate of drug-likeness (QED) is 0.277. The van der Waals surface area contributed by atoms with Gasteiger partial charge in [0.15, 0.2) is 11.5 Å². The van der Waals surface area contributed by atoms with Gasteiger partial charge in [-0.15, -0.1) is 13.2 Å². The van der Waals surface area contributed by atoms with Crippen molar-refractivity contribution in [1.82, 2.24) is 19.6 Å². The number of nitrogens with zero attached hydrogens (tertiary/aromatic N) is 4. The molecule has 0 atom stereocenters. The number of fused-ring (bicyclic) bond motifs is 1. The van der Waals surface area contributed by atoms with Gasteiger partial charge >= 0.3 is 6.36 Å². The van der Waals surface area contributed by atoms with Crippen molar-refractivity contribution in [3.63, 3.8) is 0 Å². The van der Waals surface area contributed by atoms with Gasteiger partial charge in [0.05, 0.1) is 24.7 Å². The Bertz CT molecular complexity index is 1610. The molecule has 0 fully saturated rings. The number of halogens is 4. The molecular formula is C25H22F4N6O5. The second-order valence-electron chi connectivity index (χ2n) is 9.04. The number of nitrogens with two attached hydrogens (primary N) is 1. The van der Waals surface area contributed by atoms with E-state index in [9.17, 15) is 32.3 Å². The van der Waals surface area contributed by atoms with E-state index >= 15 is 0 Å². The maximum atomic E-state index is 14.7. The number of nitrogens with one attached hydrogen (secondary N) is 1. The van der Waals surface area contributed by atoms with Crippen molar-refractivity contribution in [3.05, 3.63) is 65.2 Å². The van der Waals surface area contributed by atoms with Crippen molar-refractivity contribution in [2.24, 2.45) is 5.73 Å². The van der Waals surface area contributed by atoms with Crippen molar-refractivity contribution in [2.45, 2.75) is 32.2 Å². The van der Waals surface area contributed by atoms with Crippen LogP contribution in [0.5, 0.6) is 11.6 Å². The third-order valence-electron chi connectivity index (χ3n) is 5.53. The van der Waals surface area contributed by atoms with Gasteiger partial charge in [-0.05, 0) is 55.8 Å². The summed E-state index contributed by atoms with van der Waals surface area (Å²) in [5, 5.41) is 16.7. The maximum Gasteiger partial charge on any atom is 0.573 e. The number of benzene rings is 1. The first-order valence-corrected chi connectivity index (χ1v) is 11.5. The second kappa shape index (κ2) is 10.4. The summed E-state index contributed by atoms with van der Waals surface area (Å²) in [5.74, 6) is -3.15. The van der Waals surface area contributed by atoms with Crippen LogP contribution in [0.2, 0.25) is 0 Å². The fraction of sp³-hybridized carbons (Fsp3) is 0.240. The van der Waals surface area contributed by atoms with Crippen LogP contribution in [0.3, 0.4) is 0 Å². The first-order chi connectivity index (χ1) is 18.6. The van der Waals surface area contributed by atoms with E-state index in [-0.39, 0.29) is 46.2 Å². The highest BCUT2D eigenvalue weighted by atomic mass is 19.4. The molecule has 15 heteroatoms. The minimum absolute atomic E-state index is 0.0891. The Kier molecular flexibility index (Phi) is 7.34. The highest BCUT2D eigenvalue weighted by molar-refractivity contribution is 5.97. The van der Waals surface area contributed by atoms with E-state index in [1.807, 2.05) is 0 Å². The van der Waals surface area contributed by atoms with E-state index in [1.54, 1.807) is 0 Å². The number of primary amides is 1. The molecule has 4 N–H and O–H groups in total. The molecule has 0 bridgehead atoms. The highest BCUT2D eigenvalue weighted by Crippen LogP contribution is 2.31. The monoisotopic (exact) mass is 562 g/mol. The van der Waals surface area contributed by atoms with Crippen molar-refractivity contribution in [2.75, 3.05) is 12.4 Å². The van der Waals surface area contributed by atoms with Crippen LogP contribution in [-0.2, 0) is 11.2 Å². The van der Waals surface area contributed by atoms with Gasteiger partial charge in [0, 0.05) is 12.0 Å². The first kappa shape index (κ1) is 28.2. The number of pyridine rings is 1. The van der Waals surface area contributed by atoms with Crippen LogP contribution in [0.1, 0.15) is 35.5 Å². The summed E-state index contributed by atoms with van der Waals surface area (Å²) in [6, 6.07) is 6.89. The second-order valence-corrected chi connectivity index (χ2v) is 9.04. The SMILES string of the molecule is COc1nc(Cc2cc(OC(F)(F)F)ccc2F)c(-c2ccc3nc(NC(=O)C(C)(C)O)cn3n2)cc1C(N)=O. The Labute approximate surface area is 223 Å². The third kappa shape index (κ3) is 6.26. The number of methoxy groups -OCH3 is 1. The third-order valence-corrected chi connectivity index (χ3v) is 5.53. The predicted molar refractivity (Wildman–Crippen MR) is 132 cm³/mol. The van der Waals surface area contributed by atoms with Crippen LogP contribution in [0, 0.1) is 5.82 Å². The number of rotatable bonds is 8. The number of hydrogen-bond donors (Lipinski definition) is 3.